The number of rotatable bonds is 3. The third-order valence-corrected chi connectivity index (χ3v) is 4.04. The monoisotopic (exact) mass is 262 g/mol. The first-order valence-corrected chi connectivity index (χ1v) is 7.22. The summed E-state index contributed by atoms with van der Waals surface area (Å²) in [6.07, 6.45) is 0.824. The van der Waals surface area contributed by atoms with E-state index in [4.69, 9.17) is 0 Å². The van der Waals surface area contributed by atoms with Crippen LogP contribution in [0, 0.1) is 20.8 Å². The zero-order valence-corrected chi connectivity index (χ0v) is 12.5. The molecule has 1 heterocycles. The molecule has 0 bridgehead atoms. The van der Waals surface area contributed by atoms with Gasteiger partial charge in [-0.1, -0.05) is 17.7 Å². The Hall–Kier alpha value is -1.06. The highest BCUT2D eigenvalue weighted by Crippen LogP contribution is 2.31. The Labute approximate surface area is 116 Å². The maximum Gasteiger partial charge on any atom is 0.0451 e. The molecular weight excluding hydrogens is 236 g/mol. The minimum atomic E-state index is 0.250. The highest BCUT2D eigenvalue weighted by molar-refractivity contribution is 5.62. The standard InChI is InChI=1S/C16H26N2O/c1-11-7-12(2)16(13(3)8-11)18-14(4)9-17-10-15(18)5-6-19/h7-8,14-15,17,19H,5-6,9-10H2,1-4H3. The quantitative estimate of drug-likeness (QED) is 0.876. The van der Waals surface area contributed by atoms with Gasteiger partial charge in [-0.05, 0) is 45.2 Å². The number of anilines is 1. The fourth-order valence-corrected chi connectivity index (χ4v) is 3.39. The highest BCUT2D eigenvalue weighted by atomic mass is 16.3. The van der Waals surface area contributed by atoms with Crippen LogP contribution in [0.2, 0.25) is 0 Å². The van der Waals surface area contributed by atoms with Crippen LogP contribution >= 0.6 is 0 Å². The Morgan fingerprint density at radius 2 is 1.84 bits per heavy atom. The van der Waals surface area contributed by atoms with Gasteiger partial charge in [0.25, 0.3) is 0 Å². The van der Waals surface area contributed by atoms with Crippen LogP contribution in [-0.4, -0.2) is 36.9 Å². The van der Waals surface area contributed by atoms with Gasteiger partial charge in [0, 0.05) is 37.5 Å². The van der Waals surface area contributed by atoms with Gasteiger partial charge in [0.15, 0.2) is 0 Å². The Morgan fingerprint density at radius 1 is 1.21 bits per heavy atom. The van der Waals surface area contributed by atoms with Crippen molar-refractivity contribution in [3.63, 3.8) is 0 Å². The van der Waals surface area contributed by atoms with Crippen LogP contribution in [0.15, 0.2) is 12.1 Å². The van der Waals surface area contributed by atoms with Crippen LogP contribution < -0.4 is 10.2 Å². The molecule has 1 aliphatic heterocycles. The van der Waals surface area contributed by atoms with Crippen molar-refractivity contribution in [2.75, 3.05) is 24.6 Å². The first-order valence-electron chi connectivity index (χ1n) is 7.22. The maximum atomic E-state index is 9.30. The number of benzene rings is 1. The molecule has 106 valence electrons. The maximum absolute atomic E-state index is 9.30. The Kier molecular flexibility index (Phi) is 4.48. The largest absolute Gasteiger partial charge is 0.396 e. The van der Waals surface area contributed by atoms with Gasteiger partial charge in [-0.15, -0.1) is 0 Å². The molecule has 0 aromatic heterocycles. The predicted molar refractivity (Wildman–Crippen MR) is 81.0 cm³/mol. The molecule has 0 saturated carbocycles. The highest BCUT2D eigenvalue weighted by Gasteiger charge is 2.29. The lowest BCUT2D eigenvalue weighted by molar-refractivity contribution is 0.259. The molecule has 19 heavy (non-hydrogen) atoms. The Balaban J connectivity index is 2.41. The van der Waals surface area contributed by atoms with E-state index in [1.807, 2.05) is 0 Å². The number of aliphatic hydroxyl groups excluding tert-OH is 1. The van der Waals surface area contributed by atoms with Crippen LogP contribution in [0.25, 0.3) is 0 Å². The number of hydrogen-bond acceptors (Lipinski definition) is 3. The topological polar surface area (TPSA) is 35.5 Å². The summed E-state index contributed by atoms with van der Waals surface area (Å²) >= 11 is 0. The SMILES string of the molecule is Cc1cc(C)c(N2C(C)CNCC2CCO)c(C)c1. The molecule has 0 spiro atoms. The number of piperazine rings is 1. The Morgan fingerprint density at radius 3 is 2.42 bits per heavy atom. The zero-order valence-electron chi connectivity index (χ0n) is 12.5. The second-order valence-electron chi connectivity index (χ2n) is 5.83. The summed E-state index contributed by atoms with van der Waals surface area (Å²) in [5.41, 5.74) is 5.36. The number of aliphatic hydroxyl groups is 1. The van der Waals surface area contributed by atoms with E-state index >= 15 is 0 Å². The van der Waals surface area contributed by atoms with Gasteiger partial charge in [0.05, 0.1) is 0 Å². The summed E-state index contributed by atoms with van der Waals surface area (Å²) in [6, 6.07) is 5.36. The van der Waals surface area contributed by atoms with Crippen LogP contribution in [0.3, 0.4) is 0 Å². The molecule has 1 aromatic rings. The molecule has 1 fully saturated rings. The smallest absolute Gasteiger partial charge is 0.0451 e. The fraction of sp³-hybridized carbons (Fsp3) is 0.625. The molecule has 0 radical (unpaired) electrons. The minimum Gasteiger partial charge on any atom is -0.396 e. The Bertz CT molecular complexity index is 419. The van der Waals surface area contributed by atoms with Gasteiger partial charge in [-0.2, -0.15) is 0 Å². The number of nitrogens with one attached hydrogen (secondary N) is 1. The molecular formula is C16H26N2O. The van der Waals surface area contributed by atoms with E-state index in [2.05, 4.69) is 50.0 Å². The summed E-state index contributed by atoms with van der Waals surface area (Å²) < 4.78 is 0. The van der Waals surface area contributed by atoms with Crippen molar-refractivity contribution in [1.82, 2.24) is 5.32 Å². The number of nitrogens with zero attached hydrogens (tertiary/aromatic N) is 1. The van der Waals surface area contributed by atoms with Crippen molar-refractivity contribution in [2.45, 2.75) is 46.2 Å². The van der Waals surface area contributed by atoms with Crippen molar-refractivity contribution >= 4 is 5.69 Å². The summed E-state index contributed by atoms with van der Waals surface area (Å²) in [6.45, 7) is 11.0. The first kappa shape index (κ1) is 14.4. The second kappa shape index (κ2) is 5.93. The third-order valence-electron chi connectivity index (χ3n) is 4.04. The van der Waals surface area contributed by atoms with E-state index in [1.54, 1.807) is 0 Å². The van der Waals surface area contributed by atoms with Crippen LogP contribution in [-0.2, 0) is 0 Å². The van der Waals surface area contributed by atoms with Crippen molar-refractivity contribution in [3.8, 4) is 0 Å². The molecule has 1 aliphatic rings. The van der Waals surface area contributed by atoms with Gasteiger partial charge in [0.2, 0.25) is 0 Å². The van der Waals surface area contributed by atoms with Crippen molar-refractivity contribution in [2.24, 2.45) is 0 Å². The number of aryl methyl sites for hydroxylation is 3. The fourth-order valence-electron chi connectivity index (χ4n) is 3.39. The summed E-state index contributed by atoms with van der Waals surface area (Å²) in [4.78, 5) is 2.51. The normalized spacial score (nSPS) is 23.7. The summed E-state index contributed by atoms with van der Waals surface area (Å²) in [5.74, 6) is 0. The summed E-state index contributed by atoms with van der Waals surface area (Å²) in [7, 11) is 0. The van der Waals surface area contributed by atoms with E-state index < -0.39 is 0 Å². The van der Waals surface area contributed by atoms with E-state index in [0.29, 0.717) is 12.1 Å². The third kappa shape index (κ3) is 2.93. The second-order valence-corrected chi connectivity index (χ2v) is 5.83. The van der Waals surface area contributed by atoms with Crippen LogP contribution in [0.1, 0.15) is 30.0 Å². The van der Waals surface area contributed by atoms with Gasteiger partial charge in [-0.3, -0.25) is 0 Å². The molecule has 1 aromatic carbocycles. The molecule has 3 heteroatoms. The lowest BCUT2D eigenvalue weighted by Crippen LogP contribution is -2.57. The van der Waals surface area contributed by atoms with E-state index in [-0.39, 0.29) is 6.61 Å². The lowest BCUT2D eigenvalue weighted by Gasteiger charge is -2.44. The number of hydrogen-bond donors (Lipinski definition) is 2. The van der Waals surface area contributed by atoms with Crippen LogP contribution in [0.5, 0.6) is 0 Å². The molecule has 3 nitrogen and oxygen atoms in total. The van der Waals surface area contributed by atoms with Gasteiger partial charge < -0.3 is 15.3 Å². The first-order chi connectivity index (χ1) is 9.04. The van der Waals surface area contributed by atoms with Crippen molar-refractivity contribution < 1.29 is 5.11 Å². The molecule has 2 atom stereocenters. The van der Waals surface area contributed by atoms with E-state index in [1.165, 1.54) is 22.4 Å². The van der Waals surface area contributed by atoms with Crippen molar-refractivity contribution in [1.29, 1.82) is 0 Å². The van der Waals surface area contributed by atoms with Gasteiger partial charge in [-0.25, -0.2) is 0 Å². The molecule has 2 N–H and O–H groups in total. The average Bonchev–Trinajstić information content (AvgIpc) is 2.31. The summed E-state index contributed by atoms with van der Waals surface area (Å²) in [5, 5.41) is 12.8. The molecule has 0 aliphatic carbocycles. The zero-order chi connectivity index (χ0) is 14.0. The minimum absolute atomic E-state index is 0.250. The average molecular weight is 262 g/mol. The molecule has 2 unspecified atom stereocenters. The van der Waals surface area contributed by atoms with Crippen LogP contribution in [0.4, 0.5) is 5.69 Å². The predicted octanol–water partition coefficient (Wildman–Crippen LogP) is 2.16. The lowest BCUT2D eigenvalue weighted by atomic mass is 9.98. The van der Waals surface area contributed by atoms with Gasteiger partial charge in [0.1, 0.15) is 0 Å². The van der Waals surface area contributed by atoms with Gasteiger partial charge >= 0.3 is 0 Å². The van der Waals surface area contributed by atoms with E-state index in [9.17, 15) is 5.11 Å². The molecule has 2 rings (SSSR count). The molecule has 1 saturated heterocycles. The molecule has 0 amide bonds. The van der Waals surface area contributed by atoms with E-state index in [0.717, 1.165) is 19.5 Å². The van der Waals surface area contributed by atoms with Crippen molar-refractivity contribution in [3.05, 3.63) is 28.8 Å².